The van der Waals surface area contributed by atoms with E-state index >= 15 is 0 Å². The fourth-order valence-corrected chi connectivity index (χ4v) is 4.65. The van der Waals surface area contributed by atoms with Crippen LogP contribution in [0.2, 0.25) is 4.34 Å². The van der Waals surface area contributed by atoms with Crippen LogP contribution in [0.15, 0.2) is 60.9 Å². The van der Waals surface area contributed by atoms with Crippen LogP contribution in [-0.2, 0) is 4.74 Å². The molecule has 0 radical (unpaired) electrons. The molecule has 10 heteroatoms. The summed E-state index contributed by atoms with van der Waals surface area (Å²) in [6.07, 6.45) is 4.27. The van der Waals surface area contributed by atoms with Gasteiger partial charge in [-0.1, -0.05) is 23.7 Å². The fourth-order valence-electron chi connectivity index (χ4n) is 3.71. The van der Waals surface area contributed by atoms with Gasteiger partial charge in [-0.05, 0) is 67.9 Å². The number of hydrogen-bond donors (Lipinski definition) is 3. The number of carbonyl (C=O) groups excluding carboxylic acids is 2. The Balaban J connectivity index is 0.00000306. The molecule has 33 heavy (non-hydrogen) atoms. The molecule has 3 N–H and O–H groups in total. The molecule has 3 aromatic rings. The first kappa shape index (κ1) is 25.0. The van der Waals surface area contributed by atoms with Crippen molar-refractivity contribution < 1.29 is 14.3 Å². The summed E-state index contributed by atoms with van der Waals surface area (Å²) in [5.41, 5.74) is 1.84. The Morgan fingerprint density at radius 3 is 2.33 bits per heavy atom. The van der Waals surface area contributed by atoms with Gasteiger partial charge in [-0.3, -0.25) is 15.1 Å². The summed E-state index contributed by atoms with van der Waals surface area (Å²) in [6, 6.07) is 14.1. The Morgan fingerprint density at radius 2 is 1.70 bits per heavy atom. The van der Waals surface area contributed by atoms with Crippen molar-refractivity contribution in [3.8, 4) is 0 Å². The maximum atomic E-state index is 12.9. The number of halogens is 2. The molecule has 1 fully saturated rings. The molecule has 0 aliphatic carbocycles. The number of aromatic nitrogens is 1. The lowest BCUT2D eigenvalue weighted by atomic mass is 9.88. The second kappa shape index (κ2) is 12.0. The summed E-state index contributed by atoms with van der Waals surface area (Å²) in [6.45, 7) is 1.78. The van der Waals surface area contributed by atoms with E-state index in [0.29, 0.717) is 20.6 Å². The highest BCUT2D eigenvalue weighted by molar-refractivity contribution is 7.18. The number of carbonyl (C=O) groups is 2. The zero-order chi connectivity index (χ0) is 22.3. The maximum Gasteiger partial charge on any atom is 0.412 e. The third kappa shape index (κ3) is 6.68. The Hall–Kier alpha value is -2.65. The molecular weight excluding hydrogens is 483 g/mol. The number of amides is 2. The number of ether oxygens (including phenoxy) is 1. The Bertz CT molecular complexity index is 1070. The number of para-hydroxylation sites is 2. The normalized spacial score (nSPS) is 14.6. The first-order valence-corrected chi connectivity index (χ1v) is 11.5. The van der Waals surface area contributed by atoms with Crippen LogP contribution in [0.3, 0.4) is 0 Å². The van der Waals surface area contributed by atoms with Crippen LogP contribution in [0.25, 0.3) is 0 Å². The molecular formula is C23H24Cl2N4O3S. The van der Waals surface area contributed by atoms with Crippen molar-refractivity contribution in [1.29, 1.82) is 0 Å². The first-order valence-electron chi connectivity index (χ1n) is 10.3. The molecule has 1 aliphatic rings. The van der Waals surface area contributed by atoms with Gasteiger partial charge in [0, 0.05) is 18.3 Å². The summed E-state index contributed by atoms with van der Waals surface area (Å²) in [7, 11) is 0. The van der Waals surface area contributed by atoms with Crippen LogP contribution in [0.5, 0.6) is 0 Å². The van der Waals surface area contributed by atoms with Gasteiger partial charge in [0.1, 0.15) is 6.10 Å². The van der Waals surface area contributed by atoms with Gasteiger partial charge in [0.15, 0.2) is 0 Å². The van der Waals surface area contributed by atoms with Crippen molar-refractivity contribution in [1.82, 2.24) is 10.3 Å². The van der Waals surface area contributed by atoms with E-state index in [1.807, 2.05) is 12.1 Å². The van der Waals surface area contributed by atoms with Gasteiger partial charge in [0.2, 0.25) is 0 Å². The number of thiophene rings is 1. The third-order valence-corrected chi connectivity index (χ3v) is 6.52. The number of pyridine rings is 1. The summed E-state index contributed by atoms with van der Waals surface area (Å²) in [4.78, 5) is 29.9. The largest absolute Gasteiger partial charge is 0.441 e. The topological polar surface area (TPSA) is 92.4 Å². The van der Waals surface area contributed by atoms with Gasteiger partial charge in [-0.2, -0.15) is 0 Å². The molecule has 2 amide bonds. The van der Waals surface area contributed by atoms with E-state index < -0.39 is 6.09 Å². The molecule has 2 aromatic heterocycles. The summed E-state index contributed by atoms with van der Waals surface area (Å²) in [5, 5.41) is 8.94. The lowest BCUT2D eigenvalue weighted by Crippen LogP contribution is -2.33. The summed E-state index contributed by atoms with van der Waals surface area (Å²) in [5.74, 6) is -0.0863. The van der Waals surface area contributed by atoms with Crippen LogP contribution < -0.4 is 16.0 Å². The minimum Gasteiger partial charge on any atom is -0.441 e. The number of nitrogens with zero attached hydrogens (tertiary/aromatic N) is 1. The molecule has 3 heterocycles. The number of benzene rings is 1. The Kier molecular flexibility index (Phi) is 9.08. The van der Waals surface area contributed by atoms with Gasteiger partial charge in [-0.25, -0.2) is 4.79 Å². The average molecular weight is 507 g/mol. The highest BCUT2D eigenvalue weighted by Crippen LogP contribution is 2.33. The van der Waals surface area contributed by atoms with Crippen molar-refractivity contribution in [3.05, 3.63) is 75.7 Å². The molecule has 0 saturated carbocycles. The van der Waals surface area contributed by atoms with Crippen LogP contribution in [0.4, 0.5) is 16.2 Å². The minimum atomic E-state index is -0.578. The van der Waals surface area contributed by atoms with Gasteiger partial charge in [-0.15, -0.1) is 23.7 Å². The number of hydrogen-bond acceptors (Lipinski definition) is 6. The Labute approximate surface area is 207 Å². The predicted octanol–water partition coefficient (Wildman–Crippen LogP) is 5.76. The van der Waals surface area contributed by atoms with E-state index in [9.17, 15) is 9.59 Å². The van der Waals surface area contributed by atoms with Gasteiger partial charge in [0.25, 0.3) is 5.91 Å². The SMILES string of the molecule is Cl.O=C(Nc1ccccc1NC(=O)c1ccc(Cl)s1)OC(c1ccncc1)C1CCNCC1. The minimum absolute atomic E-state index is 0. The number of rotatable bonds is 6. The van der Waals surface area contributed by atoms with E-state index in [1.165, 1.54) is 11.3 Å². The van der Waals surface area contributed by atoms with Crippen molar-refractivity contribution >= 4 is 58.7 Å². The number of nitrogens with one attached hydrogen (secondary N) is 3. The van der Waals surface area contributed by atoms with Gasteiger partial charge >= 0.3 is 6.09 Å². The quantitative estimate of drug-likeness (QED) is 0.395. The average Bonchev–Trinajstić information content (AvgIpc) is 3.26. The maximum absolute atomic E-state index is 12.9. The molecule has 1 atom stereocenters. The number of anilines is 2. The van der Waals surface area contributed by atoms with Crippen LogP contribution in [0, 0.1) is 5.92 Å². The zero-order valence-corrected chi connectivity index (χ0v) is 20.0. The van der Waals surface area contributed by atoms with Crippen molar-refractivity contribution in [2.24, 2.45) is 5.92 Å². The smallest absolute Gasteiger partial charge is 0.412 e. The lowest BCUT2D eigenvalue weighted by Gasteiger charge is -2.30. The van der Waals surface area contributed by atoms with E-state index in [1.54, 1.807) is 48.8 Å². The lowest BCUT2D eigenvalue weighted by molar-refractivity contribution is 0.0591. The fraction of sp³-hybridized carbons (Fsp3) is 0.261. The van der Waals surface area contributed by atoms with Crippen LogP contribution in [0.1, 0.15) is 34.2 Å². The molecule has 0 spiro atoms. The second-order valence-corrected chi connectivity index (χ2v) is 9.14. The molecule has 1 aromatic carbocycles. The summed E-state index contributed by atoms with van der Waals surface area (Å²) < 4.78 is 6.43. The van der Waals surface area contributed by atoms with Crippen LogP contribution >= 0.6 is 35.3 Å². The highest BCUT2D eigenvalue weighted by atomic mass is 35.5. The van der Waals surface area contributed by atoms with Crippen molar-refractivity contribution in [3.63, 3.8) is 0 Å². The predicted molar refractivity (Wildman–Crippen MR) is 134 cm³/mol. The van der Waals surface area contributed by atoms with E-state index in [2.05, 4.69) is 20.9 Å². The van der Waals surface area contributed by atoms with Crippen molar-refractivity contribution in [2.75, 3.05) is 23.7 Å². The number of piperidine rings is 1. The highest BCUT2D eigenvalue weighted by Gasteiger charge is 2.28. The molecule has 4 rings (SSSR count). The monoisotopic (exact) mass is 506 g/mol. The standard InChI is InChI=1S/C23H23ClN4O3S.ClH/c24-20-6-5-19(32-20)22(29)27-17-3-1-2-4-18(17)28-23(30)31-21(15-7-11-25-12-8-15)16-9-13-26-14-10-16;/h1-8,11-12,16,21,26H,9-10,13-14H2,(H,27,29)(H,28,30);1H. The summed E-state index contributed by atoms with van der Waals surface area (Å²) >= 11 is 7.12. The Morgan fingerprint density at radius 1 is 1.03 bits per heavy atom. The van der Waals surface area contributed by atoms with Gasteiger partial charge < -0.3 is 15.4 Å². The molecule has 0 bridgehead atoms. The molecule has 1 aliphatic heterocycles. The van der Waals surface area contributed by atoms with Gasteiger partial charge in [0.05, 0.1) is 20.6 Å². The molecule has 1 saturated heterocycles. The van der Waals surface area contributed by atoms with E-state index in [4.69, 9.17) is 16.3 Å². The molecule has 1 unspecified atom stereocenters. The zero-order valence-electron chi connectivity index (χ0n) is 17.6. The third-order valence-electron chi connectivity index (χ3n) is 5.29. The van der Waals surface area contributed by atoms with E-state index in [0.717, 1.165) is 31.5 Å². The molecule has 174 valence electrons. The molecule has 7 nitrogen and oxygen atoms in total. The second-order valence-electron chi connectivity index (χ2n) is 7.42. The first-order chi connectivity index (χ1) is 15.6. The van der Waals surface area contributed by atoms with Crippen LogP contribution in [-0.4, -0.2) is 30.1 Å². The van der Waals surface area contributed by atoms with E-state index in [-0.39, 0.29) is 30.3 Å². The van der Waals surface area contributed by atoms with Crippen molar-refractivity contribution in [2.45, 2.75) is 18.9 Å².